The molecule has 0 atom stereocenters. The van der Waals surface area contributed by atoms with Gasteiger partial charge < -0.3 is 5.32 Å². The predicted octanol–water partition coefficient (Wildman–Crippen LogP) is 1.20. The normalized spacial score (nSPS) is 10.4. The molecule has 0 saturated heterocycles. The van der Waals surface area contributed by atoms with Crippen molar-refractivity contribution in [2.45, 2.75) is 39.2 Å². The highest BCUT2D eigenvalue weighted by Crippen LogP contribution is 1.99. The fourth-order valence-electron chi connectivity index (χ4n) is 0.666. The monoisotopic (exact) mass is 154 g/mol. The topological polar surface area (TPSA) is 52.9 Å². The van der Waals surface area contributed by atoms with Crippen molar-refractivity contribution >= 4 is 5.91 Å². The van der Waals surface area contributed by atoms with Crippen LogP contribution in [0, 0.1) is 11.3 Å². The summed E-state index contributed by atoms with van der Waals surface area (Å²) in [4.78, 5) is 11.0. The maximum absolute atomic E-state index is 11.0. The van der Waals surface area contributed by atoms with E-state index in [9.17, 15) is 4.79 Å². The van der Waals surface area contributed by atoms with Crippen LogP contribution in [0.1, 0.15) is 33.6 Å². The lowest BCUT2D eigenvalue weighted by molar-refractivity contribution is -0.122. The molecule has 0 bridgehead atoms. The Morgan fingerprint density at radius 1 is 1.64 bits per heavy atom. The fourth-order valence-corrected chi connectivity index (χ4v) is 0.666. The third-order valence-corrected chi connectivity index (χ3v) is 1.21. The molecule has 0 heterocycles. The molecule has 0 aromatic rings. The quantitative estimate of drug-likeness (QED) is 0.664. The summed E-state index contributed by atoms with van der Waals surface area (Å²) >= 11 is 0. The highest BCUT2D eigenvalue weighted by molar-refractivity contribution is 5.77. The van der Waals surface area contributed by atoms with E-state index < -0.39 is 5.54 Å². The molecule has 0 aromatic heterocycles. The summed E-state index contributed by atoms with van der Waals surface area (Å²) < 4.78 is 0. The molecule has 0 fully saturated rings. The smallest absolute Gasteiger partial charge is 0.221 e. The molecule has 62 valence electrons. The zero-order valence-corrected chi connectivity index (χ0v) is 7.27. The van der Waals surface area contributed by atoms with Crippen molar-refractivity contribution in [2.75, 3.05) is 0 Å². The molecule has 0 rings (SSSR count). The van der Waals surface area contributed by atoms with Crippen LogP contribution in [-0.4, -0.2) is 11.4 Å². The fraction of sp³-hybridized carbons (Fsp3) is 0.750. The first-order valence-electron chi connectivity index (χ1n) is 3.74. The van der Waals surface area contributed by atoms with Crippen molar-refractivity contribution in [2.24, 2.45) is 0 Å². The van der Waals surface area contributed by atoms with E-state index in [1.165, 1.54) is 0 Å². The molecule has 0 radical (unpaired) electrons. The number of carbonyl (C=O) groups excluding carboxylic acids is 1. The highest BCUT2D eigenvalue weighted by atomic mass is 16.1. The lowest BCUT2D eigenvalue weighted by Gasteiger charge is -2.16. The summed E-state index contributed by atoms with van der Waals surface area (Å²) in [5, 5.41) is 11.2. The van der Waals surface area contributed by atoms with Crippen molar-refractivity contribution in [3.8, 4) is 6.07 Å². The van der Waals surface area contributed by atoms with E-state index in [-0.39, 0.29) is 5.91 Å². The molecule has 0 unspecified atom stereocenters. The SMILES string of the molecule is CCCC(=O)NC(C)(C)C#N. The molecule has 3 heteroatoms. The molecule has 1 amide bonds. The molecule has 0 aliphatic heterocycles. The number of nitrogens with one attached hydrogen (secondary N) is 1. The Labute approximate surface area is 67.4 Å². The summed E-state index contributed by atoms with van der Waals surface area (Å²) in [6, 6.07) is 2.00. The summed E-state index contributed by atoms with van der Waals surface area (Å²) in [5.74, 6) is -0.0564. The minimum absolute atomic E-state index is 0.0564. The van der Waals surface area contributed by atoms with Gasteiger partial charge in [-0.25, -0.2) is 0 Å². The summed E-state index contributed by atoms with van der Waals surface area (Å²) in [6.07, 6.45) is 1.30. The summed E-state index contributed by atoms with van der Waals surface area (Å²) in [7, 11) is 0. The van der Waals surface area contributed by atoms with Gasteiger partial charge in [-0.1, -0.05) is 6.92 Å². The van der Waals surface area contributed by atoms with E-state index in [1.54, 1.807) is 13.8 Å². The van der Waals surface area contributed by atoms with Gasteiger partial charge in [-0.3, -0.25) is 4.79 Å². The van der Waals surface area contributed by atoms with E-state index in [4.69, 9.17) is 5.26 Å². The van der Waals surface area contributed by atoms with Gasteiger partial charge in [-0.05, 0) is 20.3 Å². The molecular weight excluding hydrogens is 140 g/mol. The molecule has 0 spiro atoms. The average molecular weight is 154 g/mol. The van der Waals surface area contributed by atoms with Gasteiger partial charge in [0.1, 0.15) is 5.54 Å². The lowest BCUT2D eigenvalue weighted by atomic mass is 10.1. The highest BCUT2D eigenvalue weighted by Gasteiger charge is 2.17. The standard InChI is InChI=1S/C8H14N2O/c1-4-5-7(11)10-8(2,3)6-9/h4-5H2,1-3H3,(H,10,11). The van der Waals surface area contributed by atoms with E-state index in [1.807, 2.05) is 13.0 Å². The van der Waals surface area contributed by atoms with Crippen LogP contribution in [0.15, 0.2) is 0 Å². The number of hydrogen-bond donors (Lipinski definition) is 1. The first-order valence-corrected chi connectivity index (χ1v) is 3.74. The number of carbonyl (C=O) groups is 1. The van der Waals surface area contributed by atoms with Crippen molar-refractivity contribution in [3.05, 3.63) is 0 Å². The van der Waals surface area contributed by atoms with Crippen molar-refractivity contribution < 1.29 is 4.79 Å². The van der Waals surface area contributed by atoms with Gasteiger partial charge in [0.05, 0.1) is 6.07 Å². The largest absolute Gasteiger partial charge is 0.338 e. The van der Waals surface area contributed by atoms with Crippen LogP contribution in [-0.2, 0) is 4.79 Å². The minimum atomic E-state index is -0.730. The number of rotatable bonds is 3. The Balaban J connectivity index is 3.86. The number of nitriles is 1. The second-order valence-corrected chi connectivity index (χ2v) is 3.03. The molecule has 11 heavy (non-hydrogen) atoms. The molecule has 0 aliphatic rings. The second kappa shape index (κ2) is 3.97. The molecule has 0 saturated carbocycles. The van der Waals surface area contributed by atoms with Gasteiger partial charge in [-0.15, -0.1) is 0 Å². The van der Waals surface area contributed by atoms with Crippen molar-refractivity contribution in [3.63, 3.8) is 0 Å². The van der Waals surface area contributed by atoms with Gasteiger partial charge in [0.2, 0.25) is 5.91 Å². The first-order chi connectivity index (χ1) is 5.02. The third-order valence-electron chi connectivity index (χ3n) is 1.21. The van der Waals surface area contributed by atoms with Gasteiger partial charge in [-0.2, -0.15) is 5.26 Å². The molecular formula is C8H14N2O. The number of amides is 1. The van der Waals surface area contributed by atoms with Crippen LogP contribution in [0.3, 0.4) is 0 Å². The van der Waals surface area contributed by atoms with Crippen LogP contribution in [0.5, 0.6) is 0 Å². The molecule has 0 aromatic carbocycles. The minimum Gasteiger partial charge on any atom is -0.338 e. The first kappa shape index (κ1) is 9.96. The average Bonchev–Trinajstić information content (AvgIpc) is 1.87. The predicted molar refractivity (Wildman–Crippen MR) is 42.7 cm³/mol. The molecule has 0 aliphatic carbocycles. The van der Waals surface area contributed by atoms with Crippen LogP contribution in [0.25, 0.3) is 0 Å². The van der Waals surface area contributed by atoms with Crippen molar-refractivity contribution in [1.29, 1.82) is 5.26 Å². The van der Waals surface area contributed by atoms with E-state index >= 15 is 0 Å². The Bertz CT molecular complexity index is 179. The van der Waals surface area contributed by atoms with Crippen LogP contribution in [0.2, 0.25) is 0 Å². The zero-order chi connectivity index (χ0) is 8.91. The maximum Gasteiger partial charge on any atom is 0.221 e. The van der Waals surface area contributed by atoms with Crippen LogP contribution in [0.4, 0.5) is 0 Å². The Kier molecular flexibility index (Phi) is 3.59. The lowest BCUT2D eigenvalue weighted by Crippen LogP contribution is -2.41. The summed E-state index contributed by atoms with van der Waals surface area (Å²) in [5.41, 5.74) is -0.730. The van der Waals surface area contributed by atoms with Gasteiger partial charge in [0.25, 0.3) is 0 Å². The van der Waals surface area contributed by atoms with E-state index in [0.29, 0.717) is 6.42 Å². The van der Waals surface area contributed by atoms with Gasteiger partial charge in [0, 0.05) is 6.42 Å². The van der Waals surface area contributed by atoms with Gasteiger partial charge in [0.15, 0.2) is 0 Å². The van der Waals surface area contributed by atoms with Crippen molar-refractivity contribution in [1.82, 2.24) is 5.32 Å². The van der Waals surface area contributed by atoms with Crippen LogP contribution < -0.4 is 5.32 Å². The second-order valence-electron chi connectivity index (χ2n) is 3.03. The van der Waals surface area contributed by atoms with Gasteiger partial charge >= 0.3 is 0 Å². The maximum atomic E-state index is 11.0. The van der Waals surface area contributed by atoms with E-state index in [2.05, 4.69) is 5.32 Å². The Hall–Kier alpha value is -1.04. The van der Waals surface area contributed by atoms with E-state index in [0.717, 1.165) is 6.42 Å². The van der Waals surface area contributed by atoms with Crippen LogP contribution >= 0.6 is 0 Å². The zero-order valence-electron chi connectivity index (χ0n) is 7.27. The molecule has 3 nitrogen and oxygen atoms in total. The Morgan fingerprint density at radius 2 is 2.18 bits per heavy atom. The third kappa shape index (κ3) is 4.38. The number of hydrogen-bond acceptors (Lipinski definition) is 2. The summed E-state index contributed by atoms with van der Waals surface area (Å²) in [6.45, 7) is 5.29. The molecule has 1 N–H and O–H groups in total. The Morgan fingerprint density at radius 3 is 2.55 bits per heavy atom. The number of nitrogens with zero attached hydrogens (tertiary/aromatic N) is 1.